The molecule has 3 heterocycles. The van der Waals surface area contributed by atoms with Crippen molar-refractivity contribution in [3.63, 3.8) is 0 Å². The number of hydrogen-bond donors (Lipinski definition) is 2. The number of fused-ring (bicyclic) bond motifs is 1. The molecule has 2 aliphatic rings. The van der Waals surface area contributed by atoms with Gasteiger partial charge in [0.05, 0.1) is 23.3 Å². The lowest BCUT2D eigenvalue weighted by Gasteiger charge is -2.15. The summed E-state index contributed by atoms with van der Waals surface area (Å²) in [5.41, 5.74) is 1.46. The maximum absolute atomic E-state index is 13.0. The van der Waals surface area contributed by atoms with Gasteiger partial charge in [0.25, 0.3) is 5.91 Å². The first-order valence-electron chi connectivity index (χ1n) is 9.60. The molecule has 1 aliphatic heterocycles. The van der Waals surface area contributed by atoms with E-state index in [-0.39, 0.29) is 29.4 Å². The second-order valence-corrected chi connectivity index (χ2v) is 10.7. The van der Waals surface area contributed by atoms with Crippen LogP contribution in [0.15, 0.2) is 28.9 Å². The molecule has 0 aromatic carbocycles. The Bertz CT molecular complexity index is 1050. The Labute approximate surface area is 173 Å². The van der Waals surface area contributed by atoms with Crippen LogP contribution in [0.25, 0.3) is 6.08 Å². The van der Waals surface area contributed by atoms with Crippen molar-refractivity contribution in [2.75, 3.05) is 16.8 Å². The Hall–Kier alpha value is -2.39. The minimum atomic E-state index is -3.09. The molecule has 1 atom stereocenters. The number of hydrogen-bond acceptors (Lipinski definition) is 6. The van der Waals surface area contributed by atoms with Crippen molar-refractivity contribution in [3.05, 3.63) is 46.2 Å². The average Bonchev–Trinajstić information content (AvgIpc) is 3.38. The molecule has 0 bridgehead atoms. The monoisotopic (exact) mass is 434 g/mol. The Morgan fingerprint density at radius 3 is 2.79 bits per heavy atom. The van der Waals surface area contributed by atoms with Crippen molar-refractivity contribution in [1.29, 1.82) is 0 Å². The van der Waals surface area contributed by atoms with E-state index in [1.165, 1.54) is 23.7 Å². The van der Waals surface area contributed by atoms with Gasteiger partial charge in [-0.1, -0.05) is 0 Å². The molecule has 2 amide bonds. The number of furan rings is 1. The van der Waals surface area contributed by atoms with Gasteiger partial charge in [0.15, 0.2) is 9.84 Å². The fourth-order valence-electron chi connectivity index (χ4n) is 3.76. The van der Waals surface area contributed by atoms with Gasteiger partial charge in [-0.3, -0.25) is 9.59 Å². The van der Waals surface area contributed by atoms with E-state index < -0.39 is 9.84 Å². The number of aryl methyl sites for hydroxylation is 1. The molecular formula is C20H22N2O5S2. The highest BCUT2D eigenvalue weighted by atomic mass is 32.2. The summed E-state index contributed by atoms with van der Waals surface area (Å²) < 4.78 is 28.6. The minimum Gasteiger partial charge on any atom is -0.465 e. The van der Waals surface area contributed by atoms with Crippen LogP contribution in [0.1, 0.15) is 45.8 Å². The highest BCUT2D eigenvalue weighted by molar-refractivity contribution is 7.91. The van der Waals surface area contributed by atoms with Crippen molar-refractivity contribution in [3.8, 4) is 0 Å². The smallest absolute Gasteiger partial charge is 0.254 e. The summed E-state index contributed by atoms with van der Waals surface area (Å²) in [6.45, 7) is 0. The molecule has 0 saturated carbocycles. The van der Waals surface area contributed by atoms with Crippen molar-refractivity contribution in [2.24, 2.45) is 0 Å². The number of thiophene rings is 1. The van der Waals surface area contributed by atoms with Crippen LogP contribution in [0.3, 0.4) is 0 Å². The Balaban J connectivity index is 1.54. The zero-order valence-corrected chi connectivity index (χ0v) is 17.4. The third-order valence-electron chi connectivity index (χ3n) is 5.14. The summed E-state index contributed by atoms with van der Waals surface area (Å²) in [6, 6.07) is 3.09. The van der Waals surface area contributed by atoms with Crippen molar-refractivity contribution in [1.82, 2.24) is 5.32 Å². The first-order chi connectivity index (χ1) is 13.9. The zero-order chi connectivity index (χ0) is 20.4. The van der Waals surface area contributed by atoms with Gasteiger partial charge in [0.2, 0.25) is 5.91 Å². The Morgan fingerprint density at radius 1 is 1.24 bits per heavy atom. The summed E-state index contributed by atoms with van der Waals surface area (Å²) in [5, 5.41) is 6.20. The van der Waals surface area contributed by atoms with E-state index in [9.17, 15) is 18.0 Å². The molecule has 2 aromatic rings. The lowest BCUT2D eigenvalue weighted by atomic mass is 9.95. The Kier molecular flexibility index (Phi) is 5.60. The molecule has 154 valence electrons. The van der Waals surface area contributed by atoms with Crippen molar-refractivity contribution >= 4 is 44.1 Å². The fraction of sp³-hybridized carbons (Fsp3) is 0.400. The van der Waals surface area contributed by atoms with Crippen LogP contribution >= 0.6 is 11.3 Å². The quantitative estimate of drug-likeness (QED) is 0.704. The number of carbonyl (C=O) groups is 2. The normalized spacial score (nSPS) is 20.5. The summed E-state index contributed by atoms with van der Waals surface area (Å²) in [5.74, 6) is -0.0280. The van der Waals surface area contributed by atoms with Crippen LogP contribution in [-0.4, -0.2) is 37.8 Å². The molecular weight excluding hydrogens is 412 g/mol. The van der Waals surface area contributed by atoms with Gasteiger partial charge in [-0.05, 0) is 55.9 Å². The van der Waals surface area contributed by atoms with Gasteiger partial charge in [0, 0.05) is 17.0 Å². The van der Waals surface area contributed by atoms with Gasteiger partial charge in [-0.15, -0.1) is 11.3 Å². The standard InChI is InChI=1S/C20H22N2O5S2/c23-17(8-7-14-4-3-10-27-14)22-20-18(15-5-1-2-6-16(15)28-20)19(24)21-13-9-11-29(25,26)12-13/h3-4,7-8,10,13H,1-2,5-6,9,11-12H2,(H,21,24)(H,22,23)/b8-7+. The van der Waals surface area contributed by atoms with Crippen molar-refractivity contribution in [2.45, 2.75) is 38.1 Å². The van der Waals surface area contributed by atoms with Crippen LogP contribution in [0, 0.1) is 0 Å². The van der Waals surface area contributed by atoms with Crippen LogP contribution in [0.5, 0.6) is 0 Å². The van der Waals surface area contributed by atoms with E-state index >= 15 is 0 Å². The lowest BCUT2D eigenvalue weighted by molar-refractivity contribution is -0.111. The molecule has 7 nitrogen and oxygen atoms in total. The average molecular weight is 435 g/mol. The second kappa shape index (κ2) is 8.16. The van der Waals surface area contributed by atoms with Gasteiger partial charge in [-0.2, -0.15) is 0 Å². The molecule has 1 fully saturated rings. The molecule has 2 aromatic heterocycles. The molecule has 0 spiro atoms. The predicted octanol–water partition coefficient (Wildman–Crippen LogP) is 2.79. The number of carbonyl (C=O) groups excluding carboxylic acids is 2. The molecule has 0 radical (unpaired) electrons. The summed E-state index contributed by atoms with van der Waals surface area (Å²) in [7, 11) is -3.09. The van der Waals surface area contributed by atoms with Gasteiger partial charge >= 0.3 is 0 Å². The largest absolute Gasteiger partial charge is 0.465 e. The van der Waals surface area contributed by atoms with Crippen LogP contribution in [0.4, 0.5) is 5.00 Å². The number of anilines is 1. The molecule has 1 saturated heterocycles. The van der Waals surface area contributed by atoms with Crippen molar-refractivity contribution < 1.29 is 22.4 Å². The Morgan fingerprint density at radius 2 is 2.07 bits per heavy atom. The van der Waals surface area contributed by atoms with Gasteiger partial charge in [0.1, 0.15) is 10.8 Å². The van der Waals surface area contributed by atoms with Crippen LogP contribution in [0.2, 0.25) is 0 Å². The highest BCUT2D eigenvalue weighted by Crippen LogP contribution is 2.38. The topological polar surface area (TPSA) is 105 Å². The molecule has 29 heavy (non-hydrogen) atoms. The number of amides is 2. The summed E-state index contributed by atoms with van der Waals surface area (Å²) in [4.78, 5) is 26.5. The SMILES string of the molecule is O=C(/C=C/c1ccco1)Nc1sc2c(c1C(=O)NC1CCS(=O)(=O)C1)CCCC2. The zero-order valence-electron chi connectivity index (χ0n) is 15.8. The van der Waals surface area contributed by atoms with Crippen LogP contribution < -0.4 is 10.6 Å². The maximum atomic E-state index is 13.0. The minimum absolute atomic E-state index is 0.0291. The third kappa shape index (κ3) is 4.62. The van der Waals surface area contributed by atoms with E-state index in [2.05, 4.69) is 10.6 Å². The summed E-state index contributed by atoms with van der Waals surface area (Å²) in [6.07, 6.45) is 8.60. The molecule has 9 heteroatoms. The number of sulfone groups is 1. The first kappa shape index (κ1) is 19.9. The lowest BCUT2D eigenvalue weighted by Crippen LogP contribution is -2.36. The van der Waals surface area contributed by atoms with E-state index in [4.69, 9.17) is 4.42 Å². The van der Waals surface area contributed by atoms with Gasteiger partial charge in [-0.25, -0.2) is 8.42 Å². The second-order valence-electron chi connectivity index (χ2n) is 7.33. The summed E-state index contributed by atoms with van der Waals surface area (Å²) >= 11 is 1.43. The van der Waals surface area contributed by atoms with Crippen LogP contribution in [-0.2, 0) is 27.5 Å². The van der Waals surface area contributed by atoms with E-state index in [0.717, 1.165) is 36.1 Å². The molecule has 4 rings (SSSR count). The van der Waals surface area contributed by atoms with E-state index in [0.29, 0.717) is 22.7 Å². The molecule has 2 N–H and O–H groups in total. The fourth-order valence-corrected chi connectivity index (χ4v) is 6.72. The predicted molar refractivity (Wildman–Crippen MR) is 112 cm³/mol. The highest BCUT2D eigenvalue weighted by Gasteiger charge is 2.32. The third-order valence-corrected chi connectivity index (χ3v) is 8.12. The van der Waals surface area contributed by atoms with Gasteiger partial charge < -0.3 is 15.1 Å². The molecule has 1 unspecified atom stereocenters. The number of rotatable bonds is 5. The van der Waals surface area contributed by atoms with E-state index in [1.54, 1.807) is 18.2 Å². The molecule has 1 aliphatic carbocycles. The first-order valence-corrected chi connectivity index (χ1v) is 12.2. The number of nitrogens with one attached hydrogen (secondary N) is 2. The maximum Gasteiger partial charge on any atom is 0.254 e. The van der Waals surface area contributed by atoms with E-state index in [1.807, 2.05) is 0 Å².